The van der Waals surface area contributed by atoms with Crippen molar-refractivity contribution in [1.29, 1.82) is 0 Å². The first-order valence-corrected chi connectivity index (χ1v) is 7.88. The molecule has 1 aliphatic carbocycles. The molecule has 1 unspecified atom stereocenters. The molecule has 2 aliphatic rings. The summed E-state index contributed by atoms with van der Waals surface area (Å²) in [4.78, 5) is 25.0. The second-order valence-corrected chi connectivity index (χ2v) is 7.26. The zero-order valence-electron chi connectivity index (χ0n) is 13.6. The lowest BCUT2D eigenvalue weighted by atomic mass is 9.95. The highest BCUT2D eigenvalue weighted by molar-refractivity contribution is 5.74. The van der Waals surface area contributed by atoms with E-state index < -0.39 is 17.4 Å². The van der Waals surface area contributed by atoms with Gasteiger partial charge in [0.15, 0.2) is 0 Å². The van der Waals surface area contributed by atoms with E-state index in [1.54, 1.807) is 20.8 Å². The van der Waals surface area contributed by atoms with Crippen molar-refractivity contribution in [1.82, 2.24) is 15.5 Å². The summed E-state index contributed by atoms with van der Waals surface area (Å²) >= 11 is 0. The monoisotopic (exact) mass is 315 g/mol. The molecule has 2 rings (SSSR count). The average Bonchev–Trinajstić information content (AvgIpc) is 3.18. The summed E-state index contributed by atoms with van der Waals surface area (Å²) in [6.07, 6.45) is 2.36. The first kappa shape index (κ1) is 16.8. The number of alkyl halides is 1. The number of urea groups is 1. The molecule has 22 heavy (non-hydrogen) atoms. The number of halogens is 1. The molecule has 126 valence electrons. The minimum atomic E-state index is -1.60. The summed E-state index contributed by atoms with van der Waals surface area (Å²) in [5, 5.41) is 5.32. The number of hydrogen-bond donors (Lipinski definition) is 2. The molecular weight excluding hydrogens is 289 g/mol. The van der Waals surface area contributed by atoms with Gasteiger partial charge < -0.3 is 20.3 Å². The largest absolute Gasteiger partial charge is 0.444 e. The molecule has 6 nitrogen and oxygen atoms in total. The number of ether oxygens (including phenoxy) is 1. The van der Waals surface area contributed by atoms with Crippen LogP contribution in [0.1, 0.15) is 46.5 Å². The van der Waals surface area contributed by atoms with Gasteiger partial charge in [-0.15, -0.1) is 0 Å². The van der Waals surface area contributed by atoms with E-state index >= 15 is 0 Å². The van der Waals surface area contributed by atoms with Crippen LogP contribution in [0.3, 0.4) is 0 Å². The lowest BCUT2D eigenvalue weighted by Crippen LogP contribution is -2.54. The molecule has 0 radical (unpaired) electrons. The van der Waals surface area contributed by atoms with Gasteiger partial charge in [0.1, 0.15) is 11.3 Å². The number of carbonyl (C=O) groups excluding carboxylic acids is 2. The Hall–Kier alpha value is -1.53. The summed E-state index contributed by atoms with van der Waals surface area (Å²) in [7, 11) is 0. The summed E-state index contributed by atoms with van der Waals surface area (Å²) < 4.78 is 20.1. The Balaban J connectivity index is 1.82. The van der Waals surface area contributed by atoms with Crippen LogP contribution in [-0.4, -0.2) is 54.0 Å². The zero-order valence-corrected chi connectivity index (χ0v) is 13.6. The van der Waals surface area contributed by atoms with Gasteiger partial charge in [-0.05, 0) is 46.5 Å². The van der Waals surface area contributed by atoms with Crippen molar-refractivity contribution < 1.29 is 18.7 Å². The molecule has 1 atom stereocenters. The fourth-order valence-corrected chi connectivity index (χ4v) is 2.42. The molecule has 1 aliphatic heterocycles. The fraction of sp³-hybridized carbons (Fsp3) is 0.867. The number of nitrogens with one attached hydrogen (secondary N) is 2. The van der Waals surface area contributed by atoms with Crippen molar-refractivity contribution in [3.8, 4) is 0 Å². The fourth-order valence-electron chi connectivity index (χ4n) is 2.42. The molecule has 1 heterocycles. The molecule has 1 saturated heterocycles. The molecule has 0 spiro atoms. The summed E-state index contributed by atoms with van der Waals surface area (Å²) in [5.41, 5.74) is -2.20. The maximum Gasteiger partial charge on any atom is 0.410 e. The van der Waals surface area contributed by atoms with Crippen molar-refractivity contribution in [2.75, 3.05) is 19.6 Å². The highest BCUT2D eigenvalue weighted by Crippen LogP contribution is 2.26. The third-order valence-corrected chi connectivity index (χ3v) is 3.66. The maximum absolute atomic E-state index is 14.8. The van der Waals surface area contributed by atoms with E-state index in [2.05, 4.69) is 10.6 Å². The minimum absolute atomic E-state index is 0.0500. The van der Waals surface area contributed by atoms with E-state index in [1.807, 2.05) is 0 Å². The standard InChI is InChI=1S/C15H26FN3O3/c1-14(2,3)22-13(21)19-8-4-7-15(16,10-19)9-17-12(20)18-11-5-6-11/h11H,4-10H2,1-3H3,(H2,17,18,20). The van der Waals surface area contributed by atoms with Crippen molar-refractivity contribution in [3.63, 3.8) is 0 Å². The van der Waals surface area contributed by atoms with Gasteiger partial charge in [0.2, 0.25) is 0 Å². The van der Waals surface area contributed by atoms with Gasteiger partial charge in [-0.1, -0.05) is 0 Å². The van der Waals surface area contributed by atoms with Gasteiger partial charge in [0.05, 0.1) is 13.1 Å². The maximum atomic E-state index is 14.8. The number of nitrogens with zero attached hydrogens (tertiary/aromatic N) is 1. The summed E-state index contributed by atoms with van der Waals surface area (Å²) in [6, 6.07) is -0.103. The Morgan fingerprint density at radius 2 is 2.05 bits per heavy atom. The predicted octanol–water partition coefficient (Wildman–Crippen LogP) is 2.19. The van der Waals surface area contributed by atoms with E-state index in [4.69, 9.17) is 4.74 Å². The molecule has 0 aromatic rings. The van der Waals surface area contributed by atoms with Crippen molar-refractivity contribution in [3.05, 3.63) is 0 Å². The van der Waals surface area contributed by atoms with Crippen molar-refractivity contribution in [2.24, 2.45) is 0 Å². The topological polar surface area (TPSA) is 70.7 Å². The van der Waals surface area contributed by atoms with Gasteiger partial charge in [-0.25, -0.2) is 14.0 Å². The van der Waals surface area contributed by atoms with Crippen LogP contribution in [0.15, 0.2) is 0 Å². The number of carbonyl (C=O) groups is 2. The third kappa shape index (κ3) is 5.35. The Morgan fingerprint density at radius 3 is 2.64 bits per heavy atom. The molecule has 7 heteroatoms. The number of likely N-dealkylation sites (tertiary alicyclic amines) is 1. The van der Waals surface area contributed by atoms with Crippen LogP contribution in [0.5, 0.6) is 0 Å². The average molecular weight is 315 g/mol. The van der Waals surface area contributed by atoms with Crippen LogP contribution in [0.2, 0.25) is 0 Å². The number of hydrogen-bond acceptors (Lipinski definition) is 3. The molecule has 0 aromatic heterocycles. The summed E-state index contributed by atoms with van der Waals surface area (Å²) in [6.45, 7) is 5.68. The number of piperidine rings is 1. The predicted molar refractivity (Wildman–Crippen MR) is 80.4 cm³/mol. The molecule has 3 amide bonds. The highest BCUT2D eigenvalue weighted by atomic mass is 19.1. The number of rotatable bonds is 3. The lowest BCUT2D eigenvalue weighted by Gasteiger charge is -2.38. The van der Waals surface area contributed by atoms with Gasteiger partial charge >= 0.3 is 12.1 Å². The normalized spacial score (nSPS) is 25.5. The van der Waals surface area contributed by atoms with Gasteiger partial charge in [-0.2, -0.15) is 0 Å². The van der Waals surface area contributed by atoms with E-state index in [0.29, 0.717) is 19.4 Å². The van der Waals surface area contributed by atoms with Gasteiger partial charge in [0.25, 0.3) is 0 Å². The molecule has 2 N–H and O–H groups in total. The lowest BCUT2D eigenvalue weighted by molar-refractivity contribution is -0.00433. The Kier molecular flexibility index (Phi) is 4.82. The van der Waals surface area contributed by atoms with Crippen LogP contribution >= 0.6 is 0 Å². The Morgan fingerprint density at radius 1 is 1.36 bits per heavy atom. The smallest absolute Gasteiger partial charge is 0.410 e. The second-order valence-electron chi connectivity index (χ2n) is 7.26. The first-order chi connectivity index (χ1) is 10.2. The Bertz CT molecular complexity index is 434. The van der Waals surface area contributed by atoms with Crippen LogP contribution in [0.25, 0.3) is 0 Å². The quantitative estimate of drug-likeness (QED) is 0.838. The Labute approximate surface area is 130 Å². The van der Waals surface area contributed by atoms with Crippen molar-refractivity contribution >= 4 is 12.1 Å². The van der Waals surface area contributed by atoms with E-state index in [-0.39, 0.29) is 25.2 Å². The minimum Gasteiger partial charge on any atom is -0.444 e. The number of amides is 3. The van der Waals surface area contributed by atoms with Crippen LogP contribution in [0.4, 0.5) is 14.0 Å². The van der Waals surface area contributed by atoms with Crippen LogP contribution < -0.4 is 10.6 Å². The first-order valence-electron chi connectivity index (χ1n) is 7.88. The van der Waals surface area contributed by atoms with Gasteiger partial charge in [0, 0.05) is 12.6 Å². The molecule has 0 bridgehead atoms. The van der Waals surface area contributed by atoms with E-state index in [0.717, 1.165) is 12.8 Å². The third-order valence-electron chi connectivity index (χ3n) is 3.66. The highest BCUT2D eigenvalue weighted by Gasteiger charge is 2.39. The SMILES string of the molecule is CC(C)(C)OC(=O)N1CCCC(F)(CNC(=O)NC2CC2)C1. The zero-order chi connectivity index (χ0) is 16.4. The van der Waals surface area contributed by atoms with Crippen LogP contribution in [0, 0.1) is 0 Å². The summed E-state index contributed by atoms with van der Waals surface area (Å²) in [5.74, 6) is 0. The molecule has 0 aromatic carbocycles. The molecule has 2 fully saturated rings. The van der Waals surface area contributed by atoms with Gasteiger partial charge in [-0.3, -0.25) is 0 Å². The molecule has 1 saturated carbocycles. The molecular formula is C15H26FN3O3. The second kappa shape index (κ2) is 6.30. The van der Waals surface area contributed by atoms with E-state index in [9.17, 15) is 14.0 Å². The van der Waals surface area contributed by atoms with Crippen LogP contribution in [-0.2, 0) is 4.74 Å². The van der Waals surface area contributed by atoms with E-state index in [1.165, 1.54) is 4.90 Å². The van der Waals surface area contributed by atoms with Crippen molar-refractivity contribution in [2.45, 2.75) is 63.8 Å².